The number of rotatable bonds is 14. The molecule has 0 spiro atoms. The highest BCUT2D eigenvalue weighted by molar-refractivity contribution is 6.69. The Balaban J connectivity index is 1.57. The molecule has 0 bridgehead atoms. The zero-order valence-electron chi connectivity index (χ0n) is 27.4. The van der Waals surface area contributed by atoms with Crippen LogP contribution in [0.4, 0.5) is 0 Å². The molecule has 3 aromatic rings. The fourth-order valence-electron chi connectivity index (χ4n) is 7.24. The van der Waals surface area contributed by atoms with E-state index in [0.29, 0.717) is 6.61 Å². The average Bonchev–Trinajstić information content (AvgIpc) is 3.41. The maximum absolute atomic E-state index is 6.82. The van der Waals surface area contributed by atoms with Gasteiger partial charge < -0.3 is 4.43 Å². The van der Waals surface area contributed by atoms with Crippen LogP contribution in [0.5, 0.6) is 0 Å². The highest BCUT2D eigenvalue weighted by atomic mass is 28.4. The van der Waals surface area contributed by atoms with Crippen LogP contribution in [0.1, 0.15) is 92.2 Å². The summed E-state index contributed by atoms with van der Waals surface area (Å²) < 4.78 is 6.82. The lowest BCUT2D eigenvalue weighted by atomic mass is 9.69. The maximum atomic E-state index is 6.82. The van der Waals surface area contributed by atoms with Crippen molar-refractivity contribution in [1.82, 2.24) is 4.98 Å². The molecule has 1 aromatic heterocycles. The molecular formula is C37H53NO3Si. The van der Waals surface area contributed by atoms with Crippen molar-refractivity contribution in [2.24, 2.45) is 0 Å². The molecule has 1 fully saturated rings. The second-order valence-electron chi connectivity index (χ2n) is 13.4. The minimum Gasteiger partial charge on any atom is -0.412 e. The number of pyridine rings is 1. The molecule has 0 radical (unpaired) electrons. The molecule has 2 aromatic carbocycles. The predicted molar refractivity (Wildman–Crippen MR) is 178 cm³/mol. The van der Waals surface area contributed by atoms with Crippen LogP contribution in [0.2, 0.25) is 19.6 Å². The standard InChI is InChI=1S/C37H53NO3Si/c1-9-37(10-2,34-15-16-35(29(4)24-34)32-25-30(26-38-27-32)18-22-40-39-5)33-14-13-31(28(3)23-33)17-21-36(19-11-12-20-36)41-42(6,7)8/h13-16,23-27H,9-12,17-22H2,1-8H3. The van der Waals surface area contributed by atoms with Crippen LogP contribution in [-0.2, 0) is 32.5 Å². The first-order valence-electron chi connectivity index (χ1n) is 16.1. The van der Waals surface area contributed by atoms with Crippen LogP contribution in [0.3, 0.4) is 0 Å². The molecule has 1 heterocycles. The molecule has 0 amide bonds. The summed E-state index contributed by atoms with van der Waals surface area (Å²) in [4.78, 5) is 14.3. The van der Waals surface area contributed by atoms with Gasteiger partial charge in [0.05, 0.1) is 19.3 Å². The van der Waals surface area contributed by atoms with Gasteiger partial charge in [0.2, 0.25) is 0 Å². The van der Waals surface area contributed by atoms with Gasteiger partial charge in [0.25, 0.3) is 0 Å². The molecule has 0 N–H and O–H groups in total. The second-order valence-corrected chi connectivity index (χ2v) is 17.8. The first-order valence-corrected chi connectivity index (χ1v) is 19.5. The number of hydrogen-bond donors (Lipinski definition) is 0. The van der Waals surface area contributed by atoms with Gasteiger partial charge in [0, 0.05) is 29.8 Å². The molecular weight excluding hydrogens is 534 g/mol. The van der Waals surface area contributed by atoms with Crippen molar-refractivity contribution < 1.29 is 14.2 Å². The van der Waals surface area contributed by atoms with Crippen LogP contribution in [0, 0.1) is 13.8 Å². The van der Waals surface area contributed by atoms with E-state index >= 15 is 0 Å². The van der Waals surface area contributed by atoms with E-state index in [0.717, 1.165) is 43.2 Å². The summed E-state index contributed by atoms with van der Waals surface area (Å²) in [6.45, 7) is 16.7. The largest absolute Gasteiger partial charge is 0.412 e. The Hall–Kier alpha value is -2.31. The van der Waals surface area contributed by atoms with Crippen molar-refractivity contribution >= 4 is 8.32 Å². The zero-order chi connectivity index (χ0) is 30.4. The first-order chi connectivity index (χ1) is 20.0. The van der Waals surface area contributed by atoms with Crippen molar-refractivity contribution in [3.63, 3.8) is 0 Å². The van der Waals surface area contributed by atoms with Crippen LogP contribution in [-0.4, -0.2) is 32.6 Å². The predicted octanol–water partition coefficient (Wildman–Crippen LogP) is 9.69. The molecule has 4 rings (SSSR count). The summed E-state index contributed by atoms with van der Waals surface area (Å²) in [6.07, 6.45) is 14.1. The van der Waals surface area contributed by atoms with E-state index in [1.165, 1.54) is 59.1 Å². The highest BCUT2D eigenvalue weighted by Gasteiger charge is 2.38. The van der Waals surface area contributed by atoms with E-state index in [1.807, 2.05) is 12.4 Å². The van der Waals surface area contributed by atoms with Crippen LogP contribution >= 0.6 is 0 Å². The van der Waals surface area contributed by atoms with E-state index < -0.39 is 8.32 Å². The Morgan fingerprint density at radius 3 is 2.12 bits per heavy atom. The zero-order valence-corrected chi connectivity index (χ0v) is 28.4. The Morgan fingerprint density at radius 2 is 1.52 bits per heavy atom. The van der Waals surface area contributed by atoms with Gasteiger partial charge in [-0.3, -0.25) is 4.98 Å². The molecule has 0 aliphatic heterocycles. The fourth-order valence-corrected chi connectivity index (χ4v) is 8.85. The van der Waals surface area contributed by atoms with Crippen molar-refractivity contribution in [3.8, 4) is 11.1 Å². The molecule has 0 atom stereocenters. The maximum Gasteiger partial charge on any atom is 0.184 e. The Morgan fingerprint density at radius 1 is 0.857 bits per heavy atom. The van der Waals surface area contributed by atoms with Crippen LogP contribution in [0.25, 0.3) is 11.1 Å². The number of hydrogen-bond acceptors (Lipinski definition) is 4. The Kier molecular flexibility index (Phi) is 10.9. The SMILES string of the molecule is CCC(CC)(c1ccc(CCC2(O[Si](C)(C)C)CCCC2)c(C)c1)c1ccc(-c2cncc(CCOOC)c2)c(C)c1. The third-order valence-electron chi connectivity index (χ3n) is 9.47. The van der Waals surface area contributed by atoms with E-state index in [2.05, 4.69) is 94.8 Å². The number of benzene rings is 2. The summed E-state index contributed by atoms with van der Waals surface area (Å²) in [7, 11) is -0.0409. The quantitative estimate of drug-likeness (QED) is 0.0815. The summed E-state index contributed by atoms with van der Waals surface area (Å²) in [6, 6.07) is 16.6. The monoisotopic (exact) mass is 587 g/mol. The minimum atomic E-state index is -1.58. The third-order valence-corrected chi connectivity index (χ3v) is 10.5. The molecule has 0 unspecified atom stereocenters. The summed E-state index contributed by atoms with van der Waals surface area (Å²) in [5.41, 5.74) is 10.6. The first kappa shape index (κ1) is 32.6. The van der Waals surface area contributed by atoms with Gasteiger partial charge in [0.1, 0.15) is 0 Å². The topological polar surface area (TPSA) is 40.6 Å². The lowest BCUT2D eigenvalue weighted by Gasteiger charge is -2.37. The van der Waals surface area contributed by atoms with Gasteiger partial charge >= 0.3 is 0 Å². The lowest BCUT2D eigenvalue weighted by Crippen LogP contribution is -2.41. The van der Waals surface area contributed by atoms with Gasteiger partial charge in [-0.2, -0.15) is 0 Å². The third kappa shape index (κ3) is 7.60. The highest BCUT2D eigenvalue weighted by Crippen LogP contribution is 2.42. The van der Waals surface area contributed by atoms with E-state index in [1.54, 1.807) is 7.11 Å². The number of aromatic nitrogens is 1. The van der Waals surface area contributed by atoms with Gasteiger partial charge in [-0.25, -0.2) is 9.78 Å². The molecule has 1 saturated carbocycles. The van der Waals surface area contributed by atoms with Crippen LogP contribution < -0.4 is 0 Å². The fraction of sp³-hybridized carbons (Fsp3) is 0.541. The molecule has 42 heavy (non-hydrogen) atoms. The van der Waals surface area contributed by atoms with Gasteiger partial charge in [-0.05, 0) is 117 Å². The van der Waals surface area contributed by atoms with E-state index in [-0.39, 0.29) is 11.0 Å². The molecule has 228 valence electrons. The molecule has 4 nitrogen and oxygen atoms in total. The second kappa shape index (κ2) is 14.0. The Bertz CT molecular complexity index is 1320. The normalized spacial score (nSPS) is 15.3. The van der Waals surface area contributed by atoms with Crippen molar-refractivity contribution in [2.45, 2.75) is 116 Å². The summed E-state index contributed by atoms with van der Waals surface area (Å²) in [5, 5.41) is 0. The lowest BCUT2D eigenvalue weighted by molar-refractivity contribution is -0.271. The Labute approximate surface area is 256 Å². The van der Waals surface area contributed by atoms with E-state index in [4.69, 9.17) is 14.2 Å². The molecule has 0 saturated heterocycles. The smallest absolute Gasteiger partial charge is 0.184 e. The van der Waals surface area contributed by atoms with Crippen molar-refractivity contribution in [1.29, 1.82) is 0 Å². The molecule has 5 heteroatoms. The van der Waals surface area contributed by atoms with Gasteiger partial charge in [-0.1, -0.05) is 63.1 Å². The average molecular weight is 588 g/mol. The number of aryl methyl sites for hydroxylation is 3. The summed E-state index contributed by atoms with van der Waals surface area (Å²) in [5.74, 6) is 0. The van der Waals surface area contributed by atoms with Crippen molar-refractivity contribution in [2.75, 3.05) is 13.7 Å². The molecule has 1 aliphatic rings. The number of nitrogens with zero attached hydrogens (tertiary/aromatic N) is 1. The van der Waals surface area contributed by atoms with Crippen molar-refractivity contribution in [3.05, 3.63) is 88.2 Å². The van der Waals surface area contributed by atoms with E-state index in [9.17, 15) is 0 Å². The van der Waals surface area contributed by atoms with Crippen LogP contribution in [0.15, 0.2) is 54.9 Å². The minimum absolute atomic E-state index is 0.0161. The molecule has 1 aliphatic carbocycles. The summed E-state index contributed by atoms with van der Waals surface area (Å²) >= 11 is 0. The van der Waals surface area contributed by atoms with Gasteiger partial charge in [-0.15, -0.1) is 0 Å². The van der Waals surface area contributed by atoms with Gasteiger partial charge in [0.15, 0.2) is 8.32 Å².